The molecule has 16 heavy (non-hydrogen) atoms. The highest BCUT2D eigenvalue weighted by atomic mass is 35.7. The Labute approximate surface area is 98.6 Å². The minimum absolute atomic E-state index is 0.0461. The van der Waals surface area contributed by atoms with Gasteiger partial charge in [-0.25, -0.2) is 13.2 Å². The Morgan fingerprint density at radius 3 is 2.12 bits per heavy atom. The lowest BCUT2D eigenvalue weighted by molar-refractivity contribution is 0.0378. The fourth-order valence-electron chi connectivity index (χ4n) is 1.04. The van der Waals surface area contributed by atoms with Crippen LogP contribution in [0.4, 0.5) is 0 Å². The predicted molar refractivity (Wildman–Crippen MR) is 60.0 cm³/mol. The van der Waals surface area contributed by atoms with E-state index in [0.29, 0.717) is 0 Å². The molecule has 1 aromatic carbocycles. The summed E-state index contributed by atoms with van der Waals surface area (Å²) in [7, 11) is 1.38. The number of carbonyl (C=O) groups is 1. The molecule has 0 radical (unpaired) electrons. The second-order valence-corrected chi connectivity index (χ2v) is 5.98. The van der Waals surface area contributed by atoms with Crippen LogP contribution in [0.15, 0.2) is 29.2 Å². The van der Waals surface area contributed by atoms with E-state index in [4.69, 9.17) is 15.4 Å². The number of rotatable bonds is 3. The Bertz CT molecular complexity index is 476. The van der Waals surface area contributed by atoms with Gasteiger partial charge in [-0.05, 0) is 38.1 Å². The lowest BCUT2D eigenvalue weighted by Crippen LogP contribution is -2.11. The zero-order valence-electron chi connectivity index (χ0n) is 8.81. The Morgan fingerprint density at radius 2 is 1.75 bits per heavy atom. The van der Waals surface area contributed by atoms with Crippen LogP contribution in [-0.4, -0.2) is 20.5 Å². The third-order valence-corrected chi connectivity index (χ3v) is 3.08. The molecule has 6 heteroatoms. The summed E-state index contributed by atoms with van der Waals surface area (Å²) in [5.74, 6) is -0.492. The predicted octanol–water partition coefficient (Wildman–Crippen LogP) is 2.18. The highest BCUT2D eigenvalue weighted by Crippen LogP contribution is 2.15. The van der Waals surface area contributed by atoms with E-state index in [9.17, 15) is 13.2 Å². The molecule has 0 N–H and O–H groups in total. The summed E-state index contributed by atoms with van der Waals surface area (Å²) in [5.41, 5.74) is 0.290. The van der Waals surface area contributed by atoms with Crippen LogP contribution in [0.3, 0.4) is 0 Å². The van der Waals surface area contributed by atoms with Crippen molar-refractivity contribution in [2.45, 2.75) is 24.8 Å². The van der Waals surface area contributed by atoms with Gasteiger partial charge in [0.05, 0.1) is 16.6 Å². The van der Waals surface area contributed by atoms with Crippen molar-refractivity contribution in [3.05, 3.63) is 29.8 Å². The maximum atomic E-state index is 11.4. The average Bonchev–Trinajstić information content (AvgIpc) is 2.15. The molecule has 0 aliphatic heterocycles. The Morgan fingerprint density at radius 1 is 1.25 bits per heavy atom. The van der Waals surface area contributed by atoms with Crippen LogP contribution in [0.5, 0.6) is 0 Å². The first-order valence-corrected chi connectivity index (χ1v) is 6.87. The van der Waals surface area contributed by atoms with Crippen LogP contribution in [-0.2, 0) is 13.8 Å². The molecule has 0 bridgehead atoms. The maximum Gasteiger partial charge on any atom is 0.338 e. The van der Waals surface area contributed by atoms with E-state index >= 15 is 0 Å². The summed E-state index contributed by atoms with van der Waals surface area (Å²) in [6, 6.07) is 5.25. The average molecular weight is 263 g/mol. The van der Waals surface area contributed by atoms with E-state index in [2.05, 4.69) is 0 Å². The minimum atomic E-state index is -3.75. The van der Waals surface area contributed by atoms with Gasteiger partial charge in [0.1, 0.15) is 0 Å². The van der Waals surface area contributed by atoms with Crippen molar-refractivity contribution >= 4 is 25.7 Å². The van der Waals surface area contributed by atoms with Crippen molar-refractivity contribution in [3.8, 4) is 0 Å². The number of hydrogen-bond donors (Lipinski definition) is 0. The van der Waals surface area contributed by atoms with Crippen molar-refractivity contribution in [2.75, 3.05) is 0 Å². The first-order chi connectivity index (χ1) is 7.30. The normalized spacial score (nSPS) is 11.5. The van der Waals surface area contributed by atoms with E-state index in [1.807, 2.05) is 0 Å². The second-order valence-electron chi connectivity index (χ2n) is 3.42. The molecule has 0 spiro atoms. The van der Waals surface area contributed by atoms with Gasteiger partial charge in [-0.2, -0.15) is 0 Å². The third kappa shape index (κ3) is 3.50. The van der Waals surface area contributed by atoms with Crippen molar-refractivity contribution < 1.29 is 17.9 Å². The summed E-state index contributed by atoms with van der Waals surface area (Å²) in [5, 5.41) is 0. The first-order valence-electron chi connectivity index (χ1n) is 4.56. The molecule has 1 rings (SSSR count). The molecule has 0 unspecified atom stereocenters. The van der Waals surface area contributed by atoms with Gasteiger partial charge in [0, 0.05) is 10.7 Å². The van der Waals surface area contributed by atoms with Gasteiger partial charge in [0.25, 0.3) is 9.05 Å². The second kappa shape index (κ2) is 4.84. The number of hydrogen-bond acceptors (Lipinski definition) is 4. The smallest absolute Gasteiger partial charge is 0.338 e. The molecule has 0 amide bonds. The van der Waals surface area contributed by atoms with Gasteiger partial charge >= 0.3 is 5.97 Å². The van der Waals surface area contributed by atoms with Crippen molar-refractivity contribution in [3.63, 3.8) is 0 Å². The molecule has 0 fully saturated rings. The summed E-state index contributed by atoms with van der Waals surface area (Å²) in [6.07, 6.45) is -0.219. The summed E-state index contributed by atoms with van der Waals surface area (Å²) in [4.78, 5) is 11.4. The quantitative estimate of drug-likeness (QED) is 0.619. The van der Waals surface area contributed by atoms with E-state index in [0.717, 1.165) is 0 Å². The van der Waals surface area contributed by atoms with Crippen LogP contribution in [0.1, 0.15) is 24.2 Å². The molecule has 0 saturated heterocycles. The summed E-state index contributed by atoms with van der Waals surface area (Å²) < 4.78 is 26.8. The van der Waals surface area contributed by atoms with Crippen molar-refractivity contribution in [1.82, 2.24) is 0 Å². The van der Waals surface area contributed by atoms with Crippen LogP contribution in [0, 0.1) is 0 Å². The number of carbonyl (C=O) groups excluding carboxylic acids is 1. The highest BCUT2D eigenvalue weighted by molar-refractivity contribution is 8.13. The first kappa shape index (κ1) is 13.0. The standard InChI is InChI=1S/C10H11ClO4S/c1-7(2)15-10(12)8-3-5-9(6-4-8)16(11,13)14/h3-7H,1-2H3. The molecule has 88 valence electrons. The fraction of sp³-hybridized carbons (Fsp3) is 0.300. The molecule has 0 aliphatic rings. The Hall–Kier alpha value is -1.07. The highest BCUT2D eigenvalue weighted by Gasteiger charge is 2.12. The summed E-state index contributed by atoms with van der Waals surface area (Å²) >= 11 is 0. The molecular formula is C10H11ClO4S. The molecule has 0 heterocycles. The Balaban J connectivity index is 2.92. The number of halogens is 1. The molecule has 0 aromatic heterocycles. The SMILES string of the molecule is CC(C)OC(=O)c1ccc(S(=O)(=O)Cl)cc1. The van der Waals surface area contributed by atoms with E-state index in [-0.39, 0.29) is 16.6 Å². The van der Waals surface area contributed by atoms with E-state index in [1.165, 1.54) is 24.3 Å². The lowest BCUT2D eigenvalue weighted by Gasteiger charge is -2.07. The van der Waals surface area contributed by atoms with Crippen LogP contribution >= 0.6 is 10.7 Å². The van der Waals surface area contributed by atoms with E-state index in [1.54, 1.807) is 13.8 Å². The largest absolute Gasteiger partial charge is 0.459 e. The van der Waals surface area contributed by atoms with Crippen molar-refractivity contribution in [1.29, 1.82) is 0 Å². The lowest BCUT2D eigenvalue weighted by atomic mass is 10.2. The van der Waals surface area contributed by atoms with Crippen LogP contribution in [0.2, 0.25) is 0 Å². The zero-order valence-corrected chi connectivity index (χ0v) is 10.4. The molecule has 0 saturated carbocycles. The van der Waals surface area contributed by atoms with Gasteiger partial charge in [0.2, 0.25) is 0 Å². The van der Waals surface area contributed by atoms with E-state index < -0.39 is 15.0 Å². The third-order valence-electron chi connectivity index (χ3n) is 1.71. The topological polar surface area (TPSA) is 60.4 Å². The van der Waals surface area contributed by atoms with Crippen LogP contribution in [0.25, 0.3) is 0 Å². The molecule has 4 nitrogen and oxygen atoms in total. The van der Waals surface area contributed by atoms with Crippen molar-refractivity contribution in [2.24, 2.45) is 0 Å². The molecule has 1 aromatic rings. The van der Waals surface area contributed by atoms with Crippen LogP contribution < -0.4 is 0 Å². The van der Waals surface area contributed by atoms with Gasteiger partial charge in [-0.15, -0.1) is 0 Å². The van der Waals surface area contributed by atoms with Gasteiger partial charge < -0.3 is 4.74 Å². The summed E-state index contributed by atoms with van der Waals surface area (Å²) in [6.45, 7) is 3.46. The number of esters is 1. The molecule has 0 atom stereocenters. The van der Waals surface area contributed by atoms with Gasteiger partial charge in [-0.1, -0.05) is 0 Å². The number of ether oxygens (including phenoxy) is 1. The zero-order chi connectivity index (χ0) is 12.3. The van der Waals surface area contributed by atoms with Gasteiger partial charge in [0.15, 0.2) is 0 Å². The van der Waals surface area contributed by atoms with Gasteiger partial charge in [-0.3, -0.25) is 0 Å². The minimum Gasteiger partial charge on any atom is -0.459 e. The molecular weight excluding hydrogens is 252 g/mol. The number of benzene rings is 1. The monoisotopic (exact) mass is 262 g/mol. The molecule has 0 aliphatic carbocycles. The Kier molecular flexibility index (Phi) is 3.93. The maximum absolute atomic E-state index is 11.4. The fourth-order valence-corrected chi connectivity index (χ4v) is 1.81.